The fraction of sp³-hybridized carbons (Fsp3) is 0.211. The maximum absolute atomic E-state index is 12.6. The summed E-state index contributed by atoms with van der Waals surface area (Å²) in [5, 5.41) is 19.6. The lowest BCUT2D eigenvalue weighted by Crippen LogP contribution is -2.25. The van der Waals surface area contributed by atoms with Gasteiger partial charge in [0.2, 0.25) is 5.91 Å². The molecule has 30 heavy (non-hydrogen) atoms. The topological polar surface area (TPSA) is 99.2 Å². The van der Waals surface area contributed by atoms with Crippen molar-refractivity contribution in [1.82, 2.24) is 29.6 Å². The lowest BCUT2D eigenvalue weighted by molar-refractivity contribution is -0.116. The molecule has 1 aliphatic heterocycles. The smallest absolute Gasteiger partial charge is 0.387 e. The molecule has 1 N–H and O–H groups in total. The minimum atomic E-state index is -2.92. The highest BCUT2D eigenvalue weighted by Crippen LogP contribution is 2.40. The number of rotatable bonds is 4. The van der Waals surface area contributed by atoms with E-state index in [-0.39, 0.29) is 24.0 Å². The van der Waals surface area contributed by atoms with Crippen LogP contribution in [0.2, 0.25) is 0 Å². The van der Waals surface area contributed by atoms with Crippen LogP contribution in [0.4, 0.5) is 14.6 Å². The molecule has 0 radical (unpaired) electrons. The van der Waals surface area contributed by atoms with E-state index in [1.807, 2.05) is 6.92 Å². The Kier molecular flexibility index (Phi) is 4.16. The van der Waals surface area contributed by atoms with Crippen molar-refractivity contribution in [3.8, 4) is 11.6 Å². The average molecular weight is 411 g/mol. The average Bonchev–Trinajstić information content (AvgIpc) is 3.31. The van der Waals surface area contributed by atoms with Gasteiger partial charge in [0.1, 0.15) is 17.9 Å². The Hall–Kier alpha value is -3.89. The van der Waals surface area contributed by atoms with Crippen LogP contribution in [0.25, 0.3) is 11.5 Å². The standard InChI is InChI=1S/C19H15F2N7O2/c1-10-17-13(11-3-2-4-12(7-11)30-19(20)21)8-16(29)23-18(17)28(25-10)15-6-5-14-24-22-9-27(14)26-15/h2-7,9,13,19H,8H2,1H3,(H,23,29)/t13-/m0/s1. The van der Waals surface area contributed by atoms with Gasteiger partial charge in [-0.1, -0.05) is 12.1 Å². The summed E-state index contributed by atoms with van der Waals surface area (Å²) in [6, 6.07) is 9.85. The van der Waals surface area contributed by atoms with Gasteiger partial charge < -0.3 is 10.1 Å². The van der Waals surface area contributed by atoms with Crippen molar-refractivity contribution in [2.75, 3.05) is 5.32 Å². The number of halogens is 2. The molecule has 4 aromatic rings. The summed E-state index contributed by atoms with van der Waals surface area (Å²) in [6.45, 7) is -1.09. The number of nitrogens with one attached hydrogen (secondary N) is 1. The molecule has 5 rings (SSSR count). The maximum atomic E-state index is 12.6. The van der Waals surface area contributed by atoms with Gasteiger partial charge in [-0.05, 0) is 36.8 Å². The van der Waals surface area contributed by atoms with Gasteiger partial charge in [-0.3, -0.25) is 4.79 Å². The first-order valence-corrected chi connectivity index (χ1v) is 9.11. The van der Waals surface area contributed by atoms with Crippen molar-refractivity contribution in [2.24, 2.45) is 0 Å². The van der Waals surface area contributed by atoms with E-state index >= 15 is 0 Å². The molecule has 3 aromatic heterocycles. The number of amides is 1. The number of ether oxygens (including phenoxy) is 1. The summed E-state index contributed by atoms with van der Waals surface area (Å²) in [7, 11) is 0. The molecule has 0 aliphatic carbocycles. The molecule has 11 heteroatoms. The van der Waals surface area contributed by atoms with Gasteiger partial charge in [0, 0.05) is 17.9 Å². The maximum Gasteiger partial charge on any atom is 0.387 e. The van der Waals surface area contributed by atoms with Gasteiger partial charge in [-0.2, -0.15) is 23.1 Å². The van der Waals surface area contributed by atoms with Gasteiger partial charge in [0.15, 0.2) is 11.5 Å². The van der Waals surface area contributed by atoms with Crippen LogP contribution in [0.5, 0.6) is 5.75 Å². The van der Waals surface area contributed by atoms with E-state index in [1.54, 1.807) is 28.9 Å². The molecule has 9 nitrogen and oxygen atoms in total. The largest absolute Gasteiger partial charge is 0.435 e. The number of anilines is 1. The van der Waals surface area contributed by atoms with Crippen LogP contribution in [-0.2, 0) is 4.79 Å². The van der Waals surface area contributed by atoms with Gasteiger partial charge in [0.05, 0.1) is 5.69 Å². The zero-order valence-electron chi connectivity index (χ0n) is 15.7. The van der Waals surface area contributed by atoms with E-state index in [2.05, 4.69) is 30.4 Å². The minimum absolute atomic E-state index is 0.0415. The second-order valence-corrected chi connectivity index (χ2v) is 6.84. The third-order valence-corrected chi connectivity index (χ3v) is 4.95. The molecular weight excluding hydrogens is 396 g/mol. The summed E-state index contributed by atoms with van der Waals surface area (Å²) < 4.78 is 32.8. The first-order chi connectivity index (χ1) is 14.5. The monoisotopic (exact) mass is 411 g/mol. The van der Waals surface area contributed by atoms with Crippen molar-refractivity contribution in [3.63, 3.8) is 0 Å². The summed E-state index contributed by atoms with van der Waals surface area (Å²) in [5.41, 5.74) is 2.76. The van der Waals surface area contributed by atoms with E-state index < -0.39 is 6.61 Å². The molecule has 0 spiro atoms. The highest BCUT2D eigenvalue weighted by atomic mass is 19.3. The summed E-state index contributed by atoms with van der Waals surface area (Å²) in [5.74, 6) is 0.442. The Labute approximate surface area is 168 Å². The number of aromatic nitrogens is 6. The minimum Gasteiger partial charge on any atom is -0.435 e. The van der Waals surface area contributed by atoms with Crippen LogP contribution in [0.3, 0.4) is 0 Å². The second-order valence-electron chi connectivity index (χ2n) is 6.84. The number of aryl methyl sites for hydroxylation is 1. The van der Waals surface area contributed by atoms with Gasteiger partial charge in [-0.15, -0.1) is 15.3 Å². The highest BCUT2D eigenvalue weighted by Gasteiger charge is 2.33. The molecule has 0 fully saturated rings. The Balaban J connectivity index is 1.61. The Morgan fingerprint density at radius 2 is 2.10 bits per heavy atom. The third-order valence-electron chi connectivity index (χ3n) is 4.95. The molecule has 1 amide bonds. The summed E-state index contributed by atoms with van der Waals surface area (Å²) in [4.78, 5) is 12.5. The van der Waals surface area contributed by atoms with Crippen molar-refractivity contribution in [2.45, 2.75) is 25.9 Å². The normalized spacial score (nSPS) is 16.0. The number of alkyl halides is 2. The molecular formula is C19H15F2N7O2. The van der Waals surface area contributed by atoms with Crippen molar-refractivity contribution < 1.29 is 18.3 Å². The SMILES string of the molecule is Cc1nn(-c2ccc3nncn3n2)c2c1[C@H](c1cccc(OC(F)F)c1)CC(=O)N2. The van der Waals surface area contributed by atoms with Crippen LogP contribution in [0, 0.1) is 6.92 Å². The molecule has 0 saturated heterocycles. The number of benzene rings is 1. The number of hydrogen-bond donors (Lipinski definition) is 1. The first kappa shape index (κ1) is 18.2. The van der Waals surface area contributed by atoms with Gasteiger partial charge in [0.25, 0.3) is 0 Å². The Bertz CT molecular complexity index is 1270. The quantitative estimate of drug-likeness (QED) is 0.554. The van der Waals surface area contributed by atoms with Crippen LogP contribution in [-0.4, -0.2) is 42.1 Å². The van der Waals surface area contributed by atoms with E-state index in [9.17, 15) is 13.6 Å². The van der Waals surface area contributed by atoms with Gasteiger partial charge >= 0.3 is 6.61 Å². The second kappa shape index (κ2) is 6.87. The van der Waals surface area contributed by atoms with Crippen LogP contribution < -0.4 is 10.1 Å². The van der Waals surface area contributed by atoms with Gasteiger partial charge in [-0.25, -0.2) is 0 Å². The molecule has 1 aromatic carbocycles. The van der Waals surface area contributed by atoms with Crippen molar-refractivity contribution in [1.29, 1.82) is 0 Å². The molecule has 4 heterocycles. The third kappa shape index (κ3) is 3.04. The zero-order valence-corrected chi connectivity index (χ0v) is 15.7. The van der Waals surface area contributed by atoms with Crippen LogP contribution in [0.1, 0.15) is 29.2 Å². The van der Waals surface area contributed by atoms with E-state index in [4.69, 9.17) is 0 Å². The van der Waals surface area contributed by atoms with Crippen molar-refractivity contribution in [3.05, 3.63) is 59.5 Å². The molecule has 1 aliphatic rings. The van der Waals surface area contributed by atoms with Crippen LogP contribution >= 0.6 is 0 Å². The number of nitrogens with zero attached hydrogens (tertiary/aromatic N) is 6. The zero-order chi connectivity index (χ0) is 20.8. The summed E-state index contributed by atoms with van der Waals surface area (Å²) in [6.07, 6.45) is 1.63. The fourth-order valence-corrected chi connectivity index (χ4v) is 3.74. The van der Waals surface area contributed by atoms with E-state index in [0.29, 0.717) is 28.5 Å². The highest BCUT2D eigenvalue weighted by molar-refractivity contribution is 5.95. The molecule has 0 unspecified atom stereocenters. The molecule has 0 saturated carbocycles. The lowest BCUT2D eigenvalue weighted by atomic mass is 9.86. The summed E-state index contributed by atoms with van der Waals surface area (Å²) >= 11 is 0. The number of hydrogen-bond acceptors (Lipinski definition) is 6. The molecule has 0 bridgehead atoms. The molecule has 152 valence electrons. The van der Waals surface area contributed by atoms with Crippen molar-refractivity contribution >= 4 is 17.4 Å². The van der Waals surface area contributed by atoms with E-state index in [1.165, 1.54) is 23.0 Å². The predicted molar refractivity (Wildman–Crippen MR) is 101 cm³/mol. The first-order valence-electron chi connectivity index (χ1n) is 9.11. The number of carbonyl (C=O) groups is 1. The Morgan fingerprint density at radius 3 is 2.93 bits per heavy atom. The fourth-order valence-electron chi connectivity index (χ4n) is 3.74. The number of carbonyl (C=O) groups excluding carboxylic acids is 1. The van der Waals surface area contributed by atoms with E-state index in [0.717, 1.165) is 5.56 Å². The van der Waals surface area contributed by atoms with Crippen LogP contribution in [0.15, 0.2) is 42.7 Å². The lowest BCUT2D eigenvalue weighted by Gasteiger charge is -2.24. The molecule has 1 atom stereocenters. The Morgan fingerprint density at radius 1 is 1.23 bits per heavy atom. The number of fused-ring (bicyclic) bond motifs is 2. The predicted octanol–water partition coefficient (Wildman–Crippen LogP) is 2.69.